The Morgan fingerprint density at radius 1 is 1.35 bits per heavy atom. The van der Waals surface area contributed by atoms with Gasteiger partial charge in [-0.05, 0) is 38.1 Å². The molecule has 1 rings (SSSR count). The van der Waals surface area contributed by atoms with Crippen molar-refractivity contribution >= 4 is 5.91 Å². The van der Waals surface area contributed by atoms with Crippen LogP contribution in [0.1, 0.15) is 58.8 Å². The van der Waals surface area contributed by atoms with Gasteiger partial charge in [-0.1, -0.05) is 33.1 Å². The van der Waals surface area contributed by atoms with Gasteiger partial charge in [-0.3, -0.25) is 4.79 Å². The van der Waals surface area contributed by atoms with Crippen molar-refractivity contribution in [3.05, 3.63) is 0 Å². The largest absolute Gasteiger partial charge is 0.356 e. The molecule has 0 spiro atoms. The van der Waals surface area contributed by atoms with E-state index in [-0.39, 0.29) is 11.3 Å². The molecule has 0 saturated heterocycles. The van der Waals surface area contributed by atoms with Crippen LogP contribution >= 0.6 is 0 Å². The number of carbonyl (C=O) groups is 1. The van der Waals surface area contributed by atoms with Gasteiger partial charge in [0.1, 0.15) is 0 Å². The van der Waals surface area contributed by atoms with E-state index < -0.39 is 0 Å². The first-order chi connectivity index (χ1) is 8.08. The van der Waals surface area contributed by atoms with E-state index in [0.29, 0.717) is 5.92 Å². The summed E-state index contributed by atoms with van der Waals surface area (Å²) in [5, 5.41) is 3.09. The summed E-state index contributed by atoms with van der Waals surface area (Å²) in [6.07, 6.45) is 7.95. The average molecular weight is 240 g/mol. The molecule has 0 heterocycles. The summed E-state index contributed by atoms with van der Waals surface area (Å²) < 4.78 is 0. The second-order valence-electron chi connectivity index (χ2n) is 5.86. The molecule has 0 aliphatic heterocycles. The highest BCUT2D eigenvalue weighted by Crippen LogP contribution is 2.35. The van der Waals surface area contributed by atoms with Gasteiger partial charge in [-0.15, -0.1) is 0 Å². The van der Waals surface area contributed by atoms with E-state index in [4.69, 9.17) is 5.73 Å². The maximum Gasteiger partial charge on any atom is 0.225 e. The third kappa shape index (κ3) is 4.66. The second-order valence-corrected chi connectivity index (χ2v) is 5.86. The molecule has 1 aliphatic carbocycles. The Kier molecular flexibility index (Phi) is 5.96. The van der Waals surface area contributed by atoms with Crippen molar-refractivity contribution in [2.75, 3.05) is 13.1 Å². The summed E-state index contributed by atoms with van der Waals surface area (Å²) >= 11 is 0. The van der Waals surface area contributed by atoms with Gasteiger partial charge in [0.15, 0.2) is 0 Å². The molecule has 100 valence electrons. The molecule has 3 nitrogen and oxygen atoms in total. The van der Waals surface area contributed by atoms with Gasteiger partial charge in [0, 0.05) is 12.0 Å². The molecule has 0 aromatic carbocycles. The van der Waals surface area contributed by atoms with Crippen LogP contribution in [0.3, 0.4) is 0 Å². The molecule has 3 heteroatoms. The molecule has 0 radical (unpaired) electrons. The number of nitrogens with one attached hydrogen (secondary N) is 1. The van der Waals surface area contributed by atoms with Crippen LogP contribution in [0, 0.1) is 11.3 Å². The van der Waals surface area contributed by atoms with Gasteiger partial charge >= 0.3 is 0 Å². The minimum Gasteiger partial charge on any atom is -0.356 e. The molecule has 1 fully saturated rings. The summed E-state index contributed by atoms with van der Waals surface area (Å²) in [6, 6.07) is 0. The molecule has 0 bridgehead atoms. The second kappa shape index (κ2) is 7.00. The molecule has 1 unspecified atom stereocenters. The number of amides is 1. The summed E-state index contributed by atoms with van der Waals surface area (Å²) in [5.74, 6) is 0.828. The molecular formula is C14H28N2O. The maximum atomic E-state index is 12.1. The van der Waals surface area contributed by atoms with Crippen LogP contribution in [0.5, 0.6) is 0 Å². The topological polar surface area (TPSA) is 55.1 Å². The van der Waals surface area contributed by atoms with E-state index in [1.165, 1.54) is 19.3 Å². The van der Waals surface area contributed by atoms with Gasteiger partial charge in [-0.25, -0.2) is 0 Å². The van der Waals surface area contributed by atoms with Crippen LogP contribution in [0.25, 0.3) is 0 Å². The van der Waals surface area contributed by atoms with Crippen LogP contribution in [0.4, 0.5) is 0 Å². The van der Waals surface area contributed by atoms with E-state index in [2.05, 4.69) is 19.2 Å². The van der Waals surface area contributed by atoms with E-state index in [1.807, 2.05) is 0 Å². The summed E-state index contributed by atoms with van der Waals surface area (Å²) in [6.45, 7) is 5.82. The number of rotatable bonds is 6. The Morgan fingerprint density at radius 2 is 2.00 bits per heavy atom. The van der Waals surface area contributed by atoms with Crippen LogP contribution in [-0.2, 0) is 4.79 Å². The van der Waals surface area contributed by atoms with Crippen LogP contribution in [-0.4, -0.2) is 19.0 Å². The monoisotopic (exact) mass is 240 g/mol. The number of nitrogens with two attached hydrogens (primary N) is 1. The normalized spacial score (nSPS) is 20.9. The lowest BCUT2D eigenvalue weighted by molar-refractivity contribution is -0.131. The Balaban J connectivity index is 2.20. The molecule has 0 aromatic rings. The smallest absolute Gasteiger partial charge is 0.225 e. The van der Waals surface area contributed by atoms with E-state index >= 15 is 0 Å². The lowest BCUT2D eigenvalue weighted by atomic mass is 9.75. The lowest BCUT2D eigenvalue weighted by Gasteiger charge is -2.32. The third-order valence-corrected chi connectivity index (χ3v) is 4.07. The van der Waals surface area contributed by atoms with Gasteiger partial charge in [0.2, 0.25) is 5.91 Å². The predicted octanol–water partition coefficient (Wildman–Crippen LogP) is 2.45. The Morgan fingerprint density at radius 3 is 2.59 bits per heavy atom. The Hall–Kier alpha value is -0.570. The van der Waals surface area contributed by atoms with Crippen LogP contribution in [0.2, 0.25) is 0 Å². The van der Waals surface area contributed by atoms with Crippen molar-refractivity contribution in [2.45, 2.75) is 58.8 Å². The third-order valence-electron chi connectivity index (χ3n) is 4.07. The highest BCUT2D eigenvalue weighted by atomic mass is 16.2. The SMILES string of the molecule is CC(CN)CCCNC(=O)C1(C)CCCCC1. The van der Waals surface area contributed by atoms with Crippen molar-refractivity contribution < 1.29 is 4.79 Å². The fourth-order valence-corrected chi connectivity index (χ4v) is 2.54. The number of hydrogen-bond acceptors (Lipinski definition) is 2. The molecule has 1 atom stereocenters. The minimum atomic E-state index is -0.0995. The molecule has 1 aliphatic rings. The molecule has 1 saturated carbocycles. The van der Waals surface area contributed by atoms with Crippen LogP contribution < -0.4 is 11.1 Å². The van der Waals surface area contributed by atoms with Gasteiger partial charge in [-0.2, -0.15) is 0 Å². The van der Waals surface area contributed by atoms with Crippen molar-refractivity contribution in [2.24, 2.45) is 17.1 Å². The average Bonchev–Trinajstić information content (AvgIpc) is 2.34. The van der Waals surface area contributed by atoms with E-state index in [9.17, 15) is 4.79 Å². The lowest BCUT2D eigenvalue weighted by Crippen LogP contribution is -2.40. The highest BCUT2D eigenvalue weighted by molar-refractivity contribution is 5.82. The van der Waals surface area contributed by atoms with Crippen molar-refractivity contribution in [3.63, 3.8) is 0 Å². The number of hydrogen-bond donors (Lipinski definition) is 2. The molecule has 3 N–H and O–H groups in total. The first-order valence-electron chi connectivity index (χ1n) is 7.07. The Bertz CT molecular complexity index is 234. The predicted molar refractivity (Wildman–Crippen MR) is 71.7 cm³/mol. The van der Waals surface area contributed by atoms with Crippen molar-refractivity contribution in [1.29, 1.82) is 0 Å². The zero-order chi connectivity index (χ0) is 12.7. The first-order valence-corrected chi connectivity index (χ1v) is 7.07. The van der Waals surface area contributed by atoms with Gasteiger partial charge in [0.25, 0.3) is 0 Å². The summed E-state index contributed by atoms with van der Waals surface area (Å²) in [4.78, 5) is 12.1. The summed E-state index contributed by atoms with van der Waals surface area (Å²) in [5.41, 5.74) is 5.47. The maximum absolute atomic E-state index is 12.1. The zero-order valence-corrected chi connectivity index (χ0v) is 11.4. The number of carbonyl (C=O) groups excluding carboxylic acids is 1. The zero-order valence-electron chi connectivity index (χ0n) is 11.4. The van der Waals surface area contributed by atoms with Crippen LogP contribution in [0.15, 0.2) is 0 Å². The summed E-state index contributed by atoms with van der Waals surface area (Å²) in [7, 11) is 0. The Labute approximate surface area is 106 Å². The van der Waals surface area contributed by atoms with Gasteiger partial charge in [0.05, 0.1) is 0 Å². The molecule has 0 aromatic heterocycles. The van der Waals surface area contributed by atoms with Crippen molar-refractivity contribution in [1.82, 2.24) is 5.32 Å². The molecule has 17 heavy (non-hydrogen) atoms. The first kappa shape index (κ1) is 14.5. The van der Waals surface area contributed by atoms with E-state index in [0.717, 1.165) is 38.8 Å². The standard InChI is InChI=1S/C14H28N2O/c1-12(11-15)7-6-10-16-13(17)14(2)8-4-3-5-9-14/h12H,3-11,15H2,1-2H3,(H,16,17). The fraction of sp³-hybridized carbons (Fsp3) is 0.929. The quantitative estimate of drug-likeness (QED) is 0.701. The van der Waals surface area contributed by atoms with E-state index in [1.54, 1.807) is 0 Å². The highest BCUT2D eigenvalue weighted by Gasteiger charge is 2.33. The molecule has 1 amide bonds. The van der Waals surface area contributed by atoms with Gasteiger partial charge < -0.3 is 11.1 Å². The minimum absolute atomic E-state index is 0.0995. The van der Waals surface area contributed by atoms with Crippen molar-refractivity contribution in [3.8, 4) is 0 Å². The fourth-order valence-electron chi connectivity index (χ4n) is 2.54. The molecular weight excluding hydrogens is 212 g/mol.